The lowest BCUT2D eigenvalue weighted by Gasteiger charge is -2.22. The predicted octanol–water partition coefficient (Wildman–Crippen LogP) is 2.89. The highest BCUT2D eigenvalue weighted by Gasteiger charge is 2.13. The van der Waals surface area contributed by atoms with Crippen molar-refractivity contribution in [2.45, 2.75) is 12.8 Å². The van der Waals surface area contributed by atoms with Crippen molar-refractivity contribution >= 4 is 11.6 Å². The molecule has 1 aliphatic rings. The van der Waals surface area contributed by atoms with E-state index in [0.717, 1.165) is 24.0 Å². The van der Waals surface area contributed by atoms with E-state index < -0.39 is 0 Å². The molecule has 1 aromatic carbocycles. The average Bonchev–Trinajstić information content (AvgIpc) is 2.23. The lowest BCUT2D eigenvalue weighted by Crippen LogP contribution is -2.28. The van der Waals surface area contributed by atoms with Gasteiger partial charge < -0.3 is 5.32 Å². The van der Waals surface area contributed by atoms with Gasteiger partial charge in [-0.25, -0.2) is 0 Å². The summed E-state index contributed by atoms with van der Waals surface area (Å²) >= 11 is 5.83. The van der Waals surface area contributed by atoms with Crippen LogP contribution >= 0.6 is 11.6 Å². The Kier molecular flexibility index (Phi) is 3.44. The summed E-state index contributed by atoms with van der Waals surface area (Å²) < 4.78 is 0. The second-order valence-corrected chi connectivity index (χ2v) is 4.24. The maximum atomic E-state index is 5.83. The number of piperidine rings is 1. The minimum Gasteiger partial charge on any atom is -0.317 e. The van der Waals surface area contributed by atoms with E-state index in [0.29, 0.717) is 0 Å². The molecule has 1 heterocycles. The summed E-state index contributed by atoms with van der Waals surface area (Å²) in [6.07, 6.45) is 4.86. The molecule has 1 saturated heterocycles. The molecule has 1 aliphatic heterocycles. The molecule has 1 N–H and O–H groups in total. The third-order valence-electron chi connectivity index (χ3n) is 2.68. The summed E-state index contributed by atoms with van der Waals surface area (Å²) in [5.41, 5.74) is 1.29. The number of rotatable bonds is 2. The third kappa shape index (κ3) is 2.73. The van der Waals surface area contributed by atoms with Gasteiger partial charge in [-0.15, -0.1) is 0 Å². The Morgan fingerprint density at radius 2 is 1.79 bits per heavy atom. The molecule has 0 aromatic heterocycles. The van der Waals surface area contributed by atoms with Gasteiger partial charge in [-0.2, -0.15) is 0 Å². The van der Waals surface area contributed by atoms with Crippen LogP contribution in [-0.2, 0) is 0 Å². The van der Waals surface area contributed by atoms with Crippen molar-refractivity contribution in [3.8, 4) is 0 Å². The Hall–Kier alpha value is -0.530. The van der Waals surface area contributed by atoms with Crippen molar-refractivity contribution in [1.82, 2.24) is 5.32 Å². The molecular formula is C12H15ClN. The average molecular weight is 209 g/mol. The number of hydrogen-bond acceptors (Lipinski definition) is 1. The Bertz CT molecular complexity index is 275. The van der Waals surface area contributed by atoms with Crippen molar-refractivity contribution < 1.29 is 0 Å². The van der Waals surface area contributed by atoms with Crippen LogP contribution in [0.4, 0.5) is 0 Å². The third-order valence-corrected chi connectivity index (χ3v) is 2.93. The molecule has 0 atom stereocenters. The standard InChI is InChI=1S/C12H15ClN/c13-12-3-1-10(2-4-12)9-11-5-7-14-8-6-11/h1-4,9,11,14H,5-8H2. The van der Waals surface area contributed by atoms with Crippen LogP contribution in [0.1, 0.15) is 18.4 Å². The number of nitrogens with one attached hydrogen (secondary N) is 1. The van der Waals surface area contributed by atoms with Crippen LogP contribution in [0, 0.1) is 12.3 Å². The minimum absolute atomic E-state index is 0.734. The summed E-state index contributed by atoms with van der Waals surface area (Å²) in [6, 6.07) is 8.08. The van der Waals surface area contributed by atoms with Crippen molar-refractivity contribution in [3.63, 3.8) is 0 Å². The van der Waals surface area contributed by atoms with Crippen LogP contribution < -0.4 is 5.32 Å². The Balaban J connectivity index is 1.92. The van der Waals surface area contributed by atoms with E-state index in [2.05, 4.69) is 23.9 Å². The molecule has 1 radical (unpaired) electrons. The van der Waals surface area contributed by atoms with E-state index in [1.54, 1.807) is 0 Å². The summed E-state index contributed by atoms with van der Waals surface area (Å²) in [5, 5.41) is 4.18. The first-order valence-electron chi connectivity index (χ1n) is 5.16. The summed E-state index contributed by atoms with van der Waals surface area (Å²) in [7, 11) is 0. The number of benzene rings is 1. The van der Waals surface area contributed by atoms with E-state index in [9.17, 15) is 0 Å². The van der Waals surface area contributed by atoms with E-state index in [-0.39, 0.29) is 0 Å². The Morgan fingerprint density at radius 3 is 2.43 bits per heavy atom. The predicted molar refractivity (Wildman–Crippen MR) is 60.4 cm³/mol. The van der Waals surface area contributed by atoms with Gasteiger partial charge in [0, 0.05) is 5.02 Å². The molecule has 14 heavy (non-hydrogen) atoms. The van der Waals surface area contributed by atoms with Crippen molar-refractivity contribution in [2.75, 3.05) is 13.1 Å². The molecule has 0 aliphatic carbocycles. The zero-order valence-corrected chi connectivity index (χ0v) is 8.93. The Morgan fingerprint density at radius 1 is 1.14 bits per heavy atom. The fraction of sp³-hybridized carbons (Fsp3) is 0.417. The second-order valence-electron chi connectivity index (χ2n) is 3.81. The molecule has 0 saturated carbocycles. The fourth-order valence-corrected chi connectivity index (χ4v) is 1.98. The first-order valence-corrected chi connectivity index (χ1v) is 5.53. The van der Waals surface area contributed by atoms with Crippen LogP contribution in [0.3, 0.4) is 0 Å². The van der Waals surface area contributed by atoms with Gasteiger partial charge in [0.15, 0.2) is 0 Å². The number of hydrogen-bond donors (Lipinski definition) is 1. The summed E-state index contributed by atoms with van der Waals surface area (Å²) in [6.45, 7) is 2.30. The molecular weight excluding hydrogens is 194 g/mol. The summed E-state index contributed by atoms with van der Waals surface area (Å²) in [4.78, 5) is 0. The maximum Gasteiger partial charge on any atom is 0.0406 e. The molecule has 0 spiro atoms. The first-order chi connectivity index (χ1) is 6.84. The van der Waals surface area contributed by atoms with Crippen LogP contribution in [0.25, 0.3) is 0 Å². The van der Waals surface area contributed by atoms with Gasteiger partial charge in [0.25, 0.3) is 0 Å². The molecule has 2 heteroatoms. The highest BCUT2D eigenvalue weighted by Crippen LogP contribution is 2.21. The minimum atomic E-state index is 0.734. The van der Waals surface area contributed by atoms with E-state index in [1.807, 2.05) is 12.1 Å². The quantitative estimate of drug-likeness (QED) is 0.788. The van der Waals surface area contributed by atoms with Crippen LogP contribution in [-0.4, -0.2) is 13.1 Å². The van der Waals surface area contributed by atoms with Gasteiger partial charge in [-0.05, 0) is 56.0 Å². The molecule has 2 rings (SSSR count). The zero-order chi connectivity index (χ0) is 9.80. The zero-order valence-electron chi connectivity index (χ0n) is 8.17. The van der Waals surface area contributed by atoms with Gasteiger partial charge in [0.2, 0.25) is 0 Å². The summed E-state index contributed by atoms with van der Waals surface area (Å²) in [5.74, 6) is 0.734. The SMILES string of the molecule is Clc1ccc([CH]C2CCNCC2)cc1. The van der Waals surface area contributed by atoms with Gasteiger partial charge in [-0.1, -0.05) is 23.7 Å². The second kappa shape index (κ2) is 4.81. The van der Waals surface area contributed by atoms with Gasteiger partial charge >= 0.3 is 0 Å². The number of halogens is 1. The van der Waals surface area contributed by atoms with Crippen LogP contribution in [0.5, 0.6) is 0 Å². The molecule has 1 aromatic rings. The van der Waals surface area contributed by atoms with Crippen molar-refractivity contribution in [1.29, 1.82) is 0 Å². The fourth-order valence-electron chi connectivity index (χ4n) is 1.86. The molecule has 1 fully saturated rings. The maximum absolute atomic E-state index is 5.83. The van der Waals surface area contributed by atoms with E-state index >= 15 is 0 Å². The lowest BCUT2D eigenvalue weighted by molar-refractivity contribution is 0.420. The van der Waals surface area contributed by atoms with Crippen LogP contribution in [0.15, 0.2) is 24.3 Å². The molecule has 75 valence electrons. The topological polar surface area (TPSA) is 12.0 Å². The van der Waals surface area contributed by atoms with Gasteiger partial charge in [0.1, 0.15) is 0 Å². The largest absolute Gasteiger partial charge is 0.317 e. The van der Waals surface area contributed by atoms with Gasteiger partial charge in [-0.3, -0.25) is 0 Å². The van der Waals surface area contributed by atoms with E-state index in [4.69, 9.17) is 11.6 Å². The smallest absolute Gasteiger partial charge is 0.0406 e. The monoisotopic (exact) mass is 208 g/mol. The van der Waals surface area contributed by atoms with Crippen molar-refractivity contribution in [2.24, 2.45) is 5.92 Å². The van der Waals surface area contributed by atoms with Crippen molar-refractivity contribution in [3.05, 3.63) is 41.3 Å². The normalized spacial score (nSPS) is 18.4. The molecule has 0 bridgehead atoms. The van der Waals surface area contributed by atoms with E-state index in [1.165, 1.54) is 18.4 Å². The highest BCUT2D eigenvalue weighted by atomic mass is 35.5. The molecule has 0 unspecified atom stereocenters. The van der Waals surface area contributed by atoms with Gasteiger partial charge in [0.05, 0.1) is 0 Å². The Labute approximate surface area is 90.5 Å². The van der Waals surface area contributed by atoms with Crippen LogP contribution in [0.2, 0.25) is 5.02 Å². The molecule has 1 nitrogen and oxygen atoms in total. The lowest BCUT2D eigenvalue weighted by atomic mass is 9.91. The first kappa shape index (κ1) is 10.0. The molecule has 0 amide bonds. The highest BCUT2D eigenvalue weighted by molar-refractivity contribution is 6.30.